The lowest BCUT2D eigenvalue weighted by Crippen LogP contribution is -2.51. The summed E-state index contributed by atoms with van der Waals surface area (Å²) in [6.45, 7) is 15.6. The Bertz CT molecular complexity index is 2470. The number of hydrogen-bond acceptors (Lipinski definition) is 9. The molecule has 3 aliphatic rings. The maximum absolute atomic E-state index is 13.6. The summed E-state index contributed by atoms with van der Waals surface area (Å²) in [5.74, 6) is 0.626. The maximum Gasteiger partial charge on any atom is 0.294 e. The number of hydrogen-bond donors (Lipinski definition) is 5. The second kappa shape index (κ2) is 13.6. The molecule has 13 nitrogen and oxygen atoms in total. The molecule has 6 rings (SSSR count). The number of ether oxygens (including phenoxy) is 1. The number of anilines is 1. The number of carbonyl (C=O) groups is 1. The van der Waals surface area contributed by atoms with Crippen LogP contribution >= 0.6 is 0 Å². The van der Waals surface area contributed by atoms with Crippen LogP contribution in [-0.2, 0) is 42.3 Å². The van der Waals surface area contributed by atoms with Crippen LogP contribution in [0.3, 0.4) is 0 Å². The number of phenols is 1. The third-order valence-electron chi connectivity index (χ3n) is 11.5. The number of aromatic hydroxyl groups is 1. The van der Waals surface area contributed by atoms with E-state index in [0.717, 1.165) is 38.7 Å². The maximum atomic E-state index is 13.6. The third-order valence-corrected chi connectivity index (χ3v) is 13.2. The molecule has 0 spiro atoms. The normalized spacial score (nSPS) is 20.8. The van der Waals surface area contributed by atoms with Crippen LogP contribution in [0, 0.1) is 20.8 Å². The zero-order valence-electron chi connectivity index (χ0n) is 32.2. The van der Waals surface area contributed by atoms with Gasteiger partial charge in [-0.15, -0.1) is 0 Å². The number of allylic oxidation sites excluding steroid dienone is 4. The molecule has 0 radical (unpaired) electrons. The van der Waals surface area contributed by atoms with Gasteiger partial charge in [0.05, 0.1) is 26.6 Å². The Morgan fingerprint density at radius 2 is 1.53 bits per heavy atom. The van der Waals surface area contributed by atoms with Gasteiger partial charge in [-0.1, -0.05) is 19.9 Å². The minimum Gasteiger partial charge on any atom is -0.507 e. The molecule has 15 heteroatoms. The smallest absolute Gasteiger partial charge is 0.294 e. The van der Waals surface area contributed by atoms with Crippen molar-refractivity contribution in [3.8, 4) is 11.5 Å². The lowest BCUT2D eigenvalue weighted by Gasteiger charge is -2.36. The number of benzene rings is 3. The first kappa shape index (κ1) is 40.1. The molecule has 3 heterocycles. The molecular weight excluding hydrogens is 747 g/mol. The molecule has 3 aromatic carbocycles. The number of carbonyl (C=O) groups excluding carboxylic acids is 1. The molecule has 0 bridgehead atoms. The number of hydroxylamine groups is 1. The SMILES string of the molecule is Cc1c(C)c2c(c(C)c1O)CCC(C)(C(=O)NCCC[N+]1=C(/C=C/C=C3/N(O)c4ccc(S(=O)(=O)O)cc4C3(C)C)C(C)(C)c3cc(S(=O)(=O)O)ccc31)O2. The topological polar surface area (TPSA) is 194 Å². The van der Waals surface area contributed by atoms with E-state index in [1.807, 2.05) is 59.1 Å². The number of phenolic OH excluding ortho intramolecular Hbond substituents is 1. The van der Waals surface area contributed by atoms with Crippen molar-refractivity contribution in [2.24, 2.45) is 0 Å². The predicted octanol–water partition coefficient (Wildman–Crippen LogP) is 6.10. The van der Waals surface area contributed by atoms with E-state index in [1.165, 1.54) is 30.3 Å². The van der Waals surface area contributed by atoms with Crippen molar-refractivity contribution in [1.29, 1.82) is 0 Å². The molecule has 5 N–H and O–H groups in total. The van der Waals surface area contributed by atoms with Crippen LogP contribution in [0.4, 0.5) is 11.4 Å². The Balaban J connectivity index is 1.26. The number of nitrogens with one attached hydrogen (secondary N) is 1. The molecule has 294 valence electrons. The highest BCUT2D eigenvalue weighted by molar-refractivity contribution is 7.86. The molecule has 0 fully saturated rings. The van der Waals surface area contributed by atoms with Crippen LogP contribution in [0.2, 0.25) is 0 Å². The van der Waals surface area contributed by atoms with E-state index >= 15 is 0 Å². The van der Waals surface area contributed by atoms with Gasteiger partial charge in [0.25, 0.3) is 26.1 Å². The van der Waals surface area contributed by atoms with E-state index in [-0.39, 0.29) is 21.4 Å². The summed E-state index contributed by atoms with van der Waals surface area (Å²) in [7, 11) is -8.95. The second-order valence-electron chi connectivity index (χ2n) is 15.8. The fraction of sp³-hybridized carbons (Fsp3) is 0.400. The van der Waals surface area contributed by atoms with Crippen molar-refractivity contribution in [1.82, 2.24) is 5.32 Å². The fourth-order valence-electron chi connectivity index (χ4n) is 7.99. The van der Waals surface area contributed by atoms with Gasteiger partial charge in [-0.3, -0.25) is 19.1 Å². The number of amides is 1. The summed E-state index contributed by atoms with van der Waals surface area (Å²) in [5, 5.41) is 25.7. The predicted molar refractivity (Wildman–Crippen MR) is 207 cm³/mol. The number of rotatable bonds is 9. The van der Waals surface area contributed by atoms with Crippen molar-refractivity contribution in [3.05, 3.63) is 93.7 Å². The summed E-state index contributed by atoms with van der Waals surface area (Å²) < 4.78 is 75.8. The minimum atomic E-state index is -4.48. The van der Waals surface area contributed by atoms with Crippen molar-refractivity contribution < 1.29 is 50.4 Å². The van der Waals surface area contributed by atoms with E-state index in [0.29, 0.717) is 60.6 Å². The first-order valence-corrected chi connectivity index (χ1v) is 20.8. The van der Waals surface area contributed by atoms with Crippen molar-refractivity contribution in [2.75, 3.05) is 18.2 Å². The standard InChI is InChI=1S/C40H47N3O10S2/c1-23-24(2)36-28(25(3)35(23)44)17-18-40(8,53-36)37(45)41-19-10-20-42-31-15-13-26(54(47,48)49)21-29(31)38(4,5)33(42)11-9-12-34-39(6,7)30-22-27(55(50,51)52)14-16-32(30)43(34)46/h9,11-16,21-22H,10,17-20H2,1-8H3,(H4-,41,44,45,46,47,48,49,50,51,52)/p+1. The lowest BCUT2D eigenvalue weighted by molar-refractivity contribution is -0.437. The molecule has 0 saturated carbocycles. The third kappa shape index (κ3) is 6.86. The zero-order valence-corrected chi connectivity index (χ0v) is 33.8. The van der Waals surface area contributed by atoms with Gasteiger partial charge in [-0.25, -0.2) is 5.06 Å². The summed E-state index contributed by atoms with van der Waals surface area (Å²) in [4.78, 5) is 13.1. The van der Waals surface area contributed by atoms with Gasteiger partial charge in [-0.2, -0.15) is 21.4 Å². The average molecular weight is 795 g/mol. The molecule has 0 saturated heterocycles. The fourth-order valence-corrected chi connectivity index (χ4v) is 9.01. The van der Waals surface area contributed by atoms with Gasteiger partial charge in [0.15, 0.2) is 17.9 Å². The molecule has 1 unspecified atom stereocenters. The van der Waals surface area contributed by atoms with Crippen LogP contribution < -0.4 is 15.1 Å². The van der Waals surface area contributed by atoms with Crippen LogP contribution in [0.15, 0.2) is 70.1 Å². The summed E-state index contributed by atoms with van der Waals surface area (Å²) >= 11 is 0. The highest BCUT2D eigenvalue weighted by Gasteiger charge is 2.46. The van der Waals surface area contributed by atoms with Crippen LogP contribution in [0.5, 0.6) is 11.5 Å². The molecular formula is C40H48N3O10S2+. The molecule has 3 aromatic rings. The monoisotopic (exact) mass is 794 g/mol. The lowest BCUT2D eigenvalue weighted by atomic mass is 9.81. The summed E-state index contributed by atoms with van der Waals surface area (Å²) in [5.41, 5.74) is 3.98. The van der Waals surface area contributed by atoms with Crippen molar-refractivity contribution in [3.63, 3.8) is 0 Å². The summed E-state index contributed by atoms with van der Waals surface area (Å²) in [6, 6.07) is 8.44. The van der Waals surface area contributed by atoms with Crippen LogP contribution in [0.25, 0.3) is 0 Å². The second-order valence-corrected chi connectivity index (χ2v) is 18.6. The van der Waals surface area contributed by atoms with Gasteiger partial charge in [-0.05, 0) is 107 Å². The number of nitrogens with zero attached hydrogens (tertiary/aromatic N) is 2. The van der Waals surface area contributed by atoms with Crippen molar-refractivity contribution >= 4 is 43.2 Å². The van der Waals surface area contributed by atoms with Gasteiger partial charge in [0.2, 0.25) is 5.69 Å². The molecule has 1 amide bonds. The van der Waals surface area contributed by atoms with Gasteiger partial charge >= 0.3 is 0 Å². The van der Waals surface area contributed by atoms with E-state index < -0.39 is 36.7 Å². The van der Waals surface area contributed by atoms with Gasteiger partial charge in [0, 0.05) is 48.1 Å². The first-order chi connectivity index (χ1) is 25.4. The van der Waals surface area contributed by atoms with Crippen molar-refractivity contribution in [2.45, 2.75) is 101 Å². The highest BCUT2D eigenvalue weighted by atomic mass is 32.2. The summed E-state index contributed by atoms with van der Waals surface area (Å²) in [6.07, 6.45) is 6.83. The van der Waals surface area contributed by atoms with E-state index in [9.17, 15) is 41.0 Å². The quantitative estimate of drug-likeness (QED) is 0.0954. The Labute approximate surface area is 322 Å². The Morgan fingerprint density at radius 1 is 0.909 bits per heavy atom. The molecule has 1 atom stereocenters. The van der Waals surface area contributed by atoms with Crippen LogP contribution in [-0.4, -0.2) is 71.1 Å². The Hall–Kier alpha value is -4.54. The zero-order chi connectivity index (χ0) is 40.6. The van der Waals surface area contributed by atoms with Gasteiger partial charge in [0.1, 0.15) is 11.5 Å². The molecule has 0 aliphatic carbocycles. The van der Waals surface area contributed by atoms with E-state index in [1.54, 1.807) is 25.1 Å². The largest absolute Gasteiger partial charge is 0.507 e. The van der Waals surface area contributed by atoms with E-state index in [4.69, 9.17) is 4.74 Å². The Kier molecular flexibility index (Phi) is 9.91. The van der Waals surface area contributed by atoms with E-state index in [2.05, 4.69) is 5.32 Å². The highest BCUT2D eigenvalue weighted by Crippen LogP contribution is 2.48. The molecule has 3 aliphatic heterocycles. The number of fused-ring (bicyclic) bond motifs is 3. The van der Waals surface area contributed by atoms with Crippen LogP contribution in [0.1, 0.15) is 80.8 Å². The average Bonchev–Trinajstić information content (AvgIpc) is 3.44. The first-order valence-electron chi connectivity index (χ1n) is 18.0. The minimum absolute atomic E-state index is 0.234. The molecule has 55 heavy (non-hydrogen) atoms. The Morgan fingerprint density at radius 3 is 2.16 bits per heavy atom. The molecule has 0 aromatic heterocycles. The van der Waals surface area contributed by atoms with Gasteiger partial charge < -0.3 is 15.2 Å².